The molecular formula is C21H17Cl4NO5. The lowest BCUT2D eigenvalue weighted by atomic mass is 9.95. The number of Topliss-reactive ketones (excluding diaryl/α,β-unsaturated/α-hetero) is 1. The van der Waals surface area contributed by atoms with Gasteiger partial charge in [-0.25, -0.2) is 0 Å². The van der Waals surface area contributed by atoms with Crippen LogP contribution in [0.2, 0.25) is 20.1 Å². The molecule has 1 fully saturated rings. The highest BCUT2D eigenvalue weighted by molar-refractivity contribution is 6.47. The van der Waals surface area contributed by atoms with E-state index in [1.807, 2.05) is 0 Å². The summed E-state index contributed by atoms with van der Waals surface area (Å²) in [4.78, 5) is 27.0. The summed E-state index contributed by atoms with van der Waals surface area (Å²) in [6.45, 7) is 0.304. The van der Waals surface area contributed by atoms with Gasteiger partial charge in [0.25, 0.3) is 11.7 Å². The summed E-state index contributed by atoms with van der Waals surface area (Å²) in [5.74, 6) is -1.84. The van der Waals surface area contributed by atoms with Crippen molar-refractivity contribution in [2.75, 3.05) is 27.4 Å². The summed E-state index contributed by atoms with van der Waals surface area (Å²) in [5, 5.41) is 11.9. The molecule has 10 heteroatoms. The van der Waals surface area contributed by atoms with E-state index in [1.54, 1.807) is 18.2 Å². The number of ether oxygens (including phenoxy) is 2. The van der Waals surface area contributed by atoms with Gasteiger partial charge in [0.2, 0.25) is 0 Å². The van der Waals surface area contributed by atoms with Gasteiger partial charge in [-0.15, -0.1) is 0 Å². The molecule has 0 radical (unpaired) electrons. The van der Waals surface area contributed by atoms with E-state index in [9.17, 15) is 14.7 Å². The number of methoxy groups -OCH3 is 2. The summed E-state index contributed by atoms with van der Waals surface area (Å²) in [7, 11) is 2.88. The molecule has 1 amide bonds. The van der Waals surface area contributed by atoms with Crippen LogP contribution in [0, 0.1) is 0 Å². The third-order valence-corrected chi connectivity index (χ3v) is 6.11. The topological polar surface area (TPSA) is 76.1 Å². The number of aliphatic hydroxyl groups is 1. The Bertz CT molecular complexity index is 1060. The zero-order valence-electron chi connectivity index (χ0n) is 16.4. The maximum Gasteiger partial charge on any atom is 0.295 e. The number of nitrogens with zero attached hydrogens (tertiary/aromatic N) is 1. The van der Waals surface area contributed by atoms with E-state index in [0.717, 1.165) is 0 Å². The Hall–Kier alpha value is -1.96. The third-order valence-electron chi connectivity index (χ3n) is 4.81. The number of hydrogen-bond acceptors (Lipinski definition) is 5. The van der Waals surface area contributed by atoms with E-state index in [1.165, 1.54) is 31.3 Å². The predicted octanol–water partition coefficient (Wildman–Crippen LogP) is 5.38. The zero-order chi connectivity index (χ0) is 22.9. The van der Waals surface area contributed by atoms with Crippen LogP contribution in [0.25, 0.3) is 5.76 Å². The Kier molecular flexibility index (Phi) is 7.39. The molecular weight excluding hydrogens is 488 g/mol. The van der Waals surface area contributed by atoms with E-state index in [2.05, 4.69) is 0 Å². The van der Waals surface area contributed by atoms with Crippen molar-refractivity contribution in [1.29, 1.82) is 0 Å². The lowest BCUT2D eigenvalue weighted by Gasteiger charge is -2.25. The Morgan fingerprint density at radius 1 is 1.00 bits per heavy atom. The van der Waals surface area contributed by atoms with Gasteiger partial charge in [0, 0.05) is 19.2 Å². The number of hydrogen-bond donors (Lipinski definition) is 1. The molecule has 0 bridgehead atoms. The highest BCUT2D eigenvalue weighted by Gasteiger charge is 2.46. The van der Waals surface area contributed by atoms with Crippen LogP contribution < -0.4 is 4.74 Å². The molecule has 2 aromatic rings. The Morgan fingerprint density at radius 3 is 2.19 bits per heavy atom. The quantitative estimate of drug-likeness (QED) is 0.325. The van der Waals surface area contributed by atoms with Crippen molar-refractivity contribution in [2.24, 2.45) is 0 Å². The monoisotopic (exact) mass is 503 g/mol. The smallest absolute Gasteiger partial charge is 0.295 e. The molecule has 164 valence electrons. The number of halogens is 4. The van der Waals surface area contributed by atoms with Gasteiger partial charge < -0.3 is 19.5 Å². The first kappa shape index (κ1) is 23.7. The molecule has 31 heavy (non-hydrogen) atoms. The molecule has 1 saturated heterocycles. The average molecular weight is 505 g/mol. The fourth-order valence-electron chi connectivity index (χ4n) is 3.38. The second-order valence-corrected chi connectivity index (χ2v) is 8.26. The summed E-state index contributed by atoms with van der Waals surface area (Å²) >= 11 is 24.6. The van der Waals surface area contributed by atoms with Crippen molar-refractivity contribution in [3.8, 4) is 5.75 Å². The van der Waals surface area contributed by atoms with Crippen LogP contribution in [-0.4, -0.2) is 49.1 Å². The molecule has 1 heterocycles. The molecule has 0 spiro atoms. The number of ketones is 1. The number of carbonyl (C=O) groups excluding carboxylic acids is 2. The highest BCUT2D eigenvalue weighted by atomic mass is 35.5. The first-order chi connectivity index (χ1) is 14.7. The van der Waals surface area contributed by atoms with Gasteiger partial charge in [-0.05, 0) is 29.8 Å². The molecule has 3 rings (SSSR count). The van der Waals surface area contributed by atoms with Crippen LogP contribution in [0.3, 0.4) is 0 Å². The first-order valence-electron chi connectivity index (χ1n) is 8.97. The zero-order valence-corrected chi connectivity index (χ0v) is 19.4. The van der Waals surface area contributed by atoms with Gasteiger partial charge >= 0.3 is 0 Å². The summed E-state index contributed by atoms with van der Waals surface area (Å²) in [6.07, 6.45) is 0. The fourth-order valence-corrected chi connectivity index (χ4v) is 4.32. The molecule has 1 aliphatic heterocycles. The van der Waals surface area contributed by atoms with Crippen LogP contribution in [0.15, 0.2) is 35.9 Å². The number of aliphatic hydroxyl groups excluding tert-OH is 1. The van der Waals surface area contributed by atoms with Crippen LogP contribution in [0.1, 0.15) is 17.2 Å². The predicted molar refractivity (Wildman–Crippen MR) is 120 cm³/mol. The molecule has 1 unspecified atom stereocenters. The maximum atomic E-state index is 12.9. The minimum atomic E-state index is -0.912. The molecule has 6 nitrogen and oxygen atoms in total. The average Bonchev–Trinajstić information content (AvgIpc) is 2.98. The first-order valence-corrected chi connectivity index (χ1v) is 10.5. The Labute approximate surface area is 198 Å². The summed E-state index contributed by atoms with van der Waals surface area (Å²) in [6, 6.07) is 6.61. The second-order valence-electron chi connectivity index (χ2n) is 6.63. The van der Waals surface area contributed by atoms with Gasteiger partial charge in [0.1, 0.15) is 5.76 Å². The Balaban J connectivity index is 2.22. The van der Waals surface area contributed by atoms with Gasteiger partial charge in [-0.2, -0.15) is 0 Å². The standard InChI is InChI=1S/C21H17Cl4NO5/c1-30-6-5-26-17(10-3-4-12(22)13(23)7-10)16(19(28)21(26)29)18(27)11-8-14(24)20(31-2)15(25)9-11/h3-4,7-9,17,27H,5-6H2,1-2H3/b18-16+. The maximum absolute atomic E-state index is 12.9. The van der Waals surface area contributed by atoms with E-state index < -0.39 is 23.5 Å². The summed E-state index contributed by atoms with van der Waals surface area (Å²) < 4.78 is 10.2. The van der Waals surface area contributed by atoms with Crippen molar-refractivity contribution in [3.05, 3.63) is 67.1 Å². The lowest BCUT2D eigenvalue weighted by Crippen LogP contribution is -2.32. The minimum Gasteiger partial charge on any atom is -0.507 e. The number of benzene rings is 2. The highest BCUT2D eigenvalue weighted by Crippen LogP contribution is 2.42. The summed E-state index contributed by atoms with van der Waals surface area (Å²) in [5.41, 5.74) is 0.527. The van der Waals surface area contributed by atoms with Crippen LogP contribution in [-0.2, 0) is 14.3 Å². The molecule has 1 N–H and O–H groups in total. The second kappa shape index (κ2) is 9.67. The van der Waals surface area contributed by atoms with E-state index in [-0.39, 0.29) is 45.1 Å². The van der Waals surface area contributed by atoms with Crippen LogP contribution in [0.4, 0.5) is 0 Å². The van der Waals surface area contributed by atoms with Crippen molar-refractivity contribution in [2.45, 2.75) is 6.04 Å². The minimum absolute atomic E-state index is 0.118. The molecule has 2 aromatic carbocycles. The van der Waals surface area contributed by atoms with Crippen molar-refractivity contribution < 1.29 is 24.2 Å². The van der Waals surface area contributed by atoms with Gasteiger partial charge in [0.15, 0.2) is 5.75 Å². The van der Waals surface area contributed by atoms with E-state index in [4.69, 9.17) is 55.9 Å². The van der Waals surface area contributed by atoms with Crippen molar-refractivity contribution in [3.63, 3.8) is 0 Å². The van der Waals surface area contributed by atoms with Gasteiger partial charge in [-0.3, -0.25) is 9.59 Å². The van der Waals surface area contributed by atoms with Gasteiger partial charge in [-0.1, -0.05) is 52.5 Å². The Morgan fingerprint density at radius 2 is 1.65 bits per heavy atom. The number of likely N-dealkylation sites (tertiary alicyclic amines) is 1. The van der Waals surface area contributed by atoms with Crippen LogP contribution >= 0.6 is 46.4 Å². The molecule has 0 aromatic heterocycles. The molecule has 1 atom stereocenters. The normalized spacial score (nSPS) is 18.0. The SMILES string of the molecule is COCCN1C(=O)C(=O)/C(=C(/O)c2cc(Cl)c(OC)c(Cl)c2)C1c1ccc(Cl)c(Cl)c1. The number of amides is 1. The van der Waals surface area contributed by atoms with E-state index >= 15 is 0 Å². The van der Waals surface area contributed by atoms with Crippen LogP contribution in [0.5, 0.6) is 5.75 Å². The van der Waals surface area contributed by atoms with Gasteiger partial charge in [0.05, 0.1) is 45.4 Å². The molecule has 1 aliphatic rings. The number of carbonyl (C=O) groups is 2. The fraction of sp³-hybridized carbons (Fsp3) is 0.238. The lowest BCUT2D eigenvalue weighted by molar-refractivity contribution is -0.140. The largest absolute Gasteiger partial charge is 0.507 e. The number of rotatable bonds is 6. The van der Waals surface area contributed by atoms with Crippen molar-refractivity contribution in [1.82, 2.24) is 4.90 Å². The molecule has 0 aliphatic carbocycles. The van der Waals surface area contributed by atoms with Crippen molar-refractivity contribution >= 4 is 63.9 Å². The van der Waals surface area contributed by atoms with E-state index in [0.29, 0.717) is 10.6 Å². The third kappa shape index (κ3) is 4.49. The molecule has 0 saturated carbocycles.